The summed E-state index contributed by atoms with van der Waals surface area (Å²) in [5, 5.41) is 3.08. The molecule has 0 aromatic rings. The van der Waals surface area contributed by atoms with E-state index < -0.39 is 8.45 Å². The van der Waals surface area contributed by atoms with Crippen molar-refractivity contribution in [2.24, 2.45) is 10.7 Å². The Morgan fingerprint density at radius 1 is 0.969 bits per heavy atom. The summed E-state index contributed by atoms with van der Waals surface area (Å²) in [7, 11) is 4.49. The molecule has 10 heteroatoms. The van der Waals surface area contributed by atoms with E-state index in [1.165, 1.54) is 0 Å². The Morgan fingerprint density at radius 3 is 1.91 bits per heavy atom. The van der Waals surface area contributed by atoms with Gasteiger partial charge >= 0.3 is 0 Å². The van der Waals surface area contributed by atoms with Crippen molar-refractivity contribution in [3.8, 4) is 0 Å². The number of guanidine groups is 1. The minimum absolute atomic E-state index is 0.0313. The quantitative estimate of drug-likeness (QED) is 0.0910. The summed E-state index contributed by atoms with van der Waals surface area (Å²) in [4.78, 5) is 3.90. The van der Waals surface area contributed by atoms with Crippen LogP contribution < -0.4 is 11.1 Å². The van der Waals surface area contributed by atoms with Crippen molar-refractivity contribution >= 4 is 36.0 Å². The van der Waals surface area contributed by atoms with Gasteiger partial charge in [0, 0.05) is 48.3 Å². The van der Waals surface area contributed by atoms with Gasteiger partial charge in [0.2, 0.25) is 0 Å². The van der Waals surface area contributed by atoms with Crippen molar-refractivity contribution in [3.05, 3.63) is 0 Å². The van der Waals surface area contributed by atoms with Gasteiger partial charge < -0.3 is 20.3 Å². The van der Waals surface area contributed by atoms with E-state index in [0.717, 1.165) is 12.3 Å². The molecule has 0 radical (unpaired) electrons. The SMILES string of the molecule is CN=C(N)NCCSSC(C)(C)COCCOP(N(C(C)C)C(C)C)N(C(C)C)C(C)C. The predicted molar refractivity (Wildman–Crippen MR) is 148 cm³/mol. The number of nitrogens with two attached hydrogens (primary N) is 1. The topological polar surface area (TPSA) is 75.3 Å². The molecular weight excluding hydrogens is 461 g/mol. The lowest BCUT2D eigenvalue weighted by Gasteiger charge is -2.45. The number of nitrogens with one attached hydrogen (secondary N) is 1. The lowest BCUT2D eigenvalue weighted by Crippen LogP contribution is -2.43. The number of aliphatic imine (C=N–C) groups is 1. The molecule has 0 aliphatic rings. The van der Waals surface area contributed by atoms with Crippen molar-refractivity contribution in [3.63, 3.8) is 0 Å². The van der Waals surface area contributed by atoms with Gasteiger partial charge in [-0.05, 0) is 69.2 Å². The monoisotopic (exact) mass is 511 g/mol. The fourth-order valence-corrected chi connectivity index (χ4v) is 7.90. The summed E-state index contributed by atoms with van der Waals surface area (Å²) in [5.74, 6) is 1.44. The first-order valence-electron chi connectivity index (χ1n) is 11.7. The van der Waals surface area contributed by atoms with E-state index in [2.05, 4.69) is 88.9 Å². The maximum Gasteiger partial charge on any atom is 0.189 e. The predicted octanol–water partition coefficient (Wildman–Crippen LogP) is 5.18. The van der Waals surface area contributed by atoms with E-state index in [0.29, 0.717) is 49.9 Å². The summed E-state index contributed by atoms with van der Waals surface area (Å²) in [6.45, 7) is 25.2. The highest BCUT2D eigenvalue weighted by Crippen LogP contribution is 2.50. The Kier molecular flexibility index (Phi) is 16.9. The van der Waals surface area contributed by atoms with E-state index in [1.54, 1.807) is 7.05 Å². The van der Waals surface area contributed by atoms with Crippen LogP contribution in [0.5, 0.6) is 0 Å². The van der Waals surface area contributed by atoms with Crippen molar-refractivity contribution in [1.82, 2.24) is 14.7 Å². The molecule has 7 nitrogen and oxygen atoms in total. The van der Waals surface area contributed by atoms with Gasteiger partial charge in [-0.25, -0.2) is 9.34 Å². The minimum atomic E-state index is -0.860. The molecule has 0 aliphatic carbocycles. The van der Waals surface area contributed by atoms with E-state index in [1.807, 2.05) is 21.6 Å². The number of hydrogen-bond acceptors (Lipinski definition) is 7. The third kappa shape index (κ3) is 13.2. The van der Waals surface area contributed by atoms with Crippen molar-refractivity contribution in [2.45, 2.75) is 98.2 Å². The molecule has 0 heterocycles. The summed E-state index contributed by atoms with van der Waals surface area (Å²) < 4.78 is 17.6. The Bertz CT molecular complexity index is 487. The van der Waals surface area contributed by atoms with Crippen LogP contribution >= 0.6 is 30.0 Å². The average molecular weight is 512 g/mol. The highest BCUT2D eigenvalue weighted by Gasteiger charge is 2.34. The van der Waals surface area contributed by atoms with Crippen LogP contribution in [-0.4, -0.2) is 83.4 Å². The lowest BCUT2D eigenvalue weighted by atomic mass is 10.2. The third-order valence-electron chi connectivity index (χ3n) is 4.41. The van der Waals surface area contributed by atoms with E-state index in [4.69, 9.17) is 15.0 Å². The van der Waals surface area contributed by atoms with Crippen molar-refractivity contribution < 1.29 is 9.26 Å². The smallest absolute Gasteiger partial charge is 0.189 e. The van der Waals surface area contributed by atoms with Gasteiger partial charge in [0.25, 0.3) is 0 Å². The minimum Gasteiger partial charge on any atom is -0.378 e. The summed E-state index contributed by atoms with van der Waals surface area (Å²) in [5.41, 5.74) is 5.65. The zero-order valence-electron chi connectivity index (χ0n) is 22.3. The van der Waals surface area contributed by atoms with Gasteiger partial charge in [0.1, 0.15) is 0 Å². The van der Waals surface area contributed by atoms with Crippen molar-refractivity contribution in [2.75, 3.05) is 39.2 Å². The Labute approximate surface area is 207 Å². The maximum absolute atomic E-state index is 6.52. The molecule has 192 valence electrons. The molecular formula is C22H50N5O2PS2. The molecule has 0 saturated carbocycles. The van der Waals surface area contributed by atoms with Crippen LogP contribution in [-0.2, 0) is 9.26 Å². The molecule has 0 aromatic heterocycles. The standard InChI is InChI=1S/C22H50N5O2PS2/c1-17(2)26(18(3)4)30(27(19(5)6)20(7)8)29-14-13-28-16-22(9,10)32-31-15-12-25-21(23)24-11/h17-20H,12-16H2,1-11H3,(H3,23,24,25). The van der Waals surface area contributed by atoms with Crippen LogP contribution in [0.1, 0.15) is 69.2 Å². The van der Waals surface area contributed by atoms with Gasteiger partial charge in [-0.3, -0.25) is 4.99 Å². The summed E-state index contributed by atoms with van der Waals surface area (Å²) >= 11 is 0. The molecule has 3 N–H and O–H groups in total. The van der Waals surface area contributed by atoms with Crippen LogP contribution in [0.15, 0.2) is 4.99 Å². The zero-order chi connectivity index (χ0) is 24.9. The third-order valence-corrected chi connectivity index (χ3v) is 10.7. The van der Waals surface area contributed by atoms with Gasteiger partial charge in [-0.1, -0.05) is 21.6 Å². The Morgan fingerprint density at radius 2 is 1.47 bits per heavy atom. The molecule has 0 aliphatic heterocycles. The second-order valence-electron chi connectivity index (χ2n) is 9.47. The van der Waals surface area contributed by atoms with Gasteiger partial charge in [0.15, 0.2) is 14.4 Å². The largest absolute Gasteiger partial charge is 0.378 e. The highest BCUT2D eigenvalue weighted by atomic mass is 33.1. The highest BCUT2D eigenvalue weighted by molar-refractivity contribution is 8.77. The fraction of sp³-hybridized carbons (Fsp3) is 0.955. The summed E-state index contributed by atoms with van der Waals surface area (Å²) in [6, 6.07) is 1.68. The van der Waals surface area contributed by atoms with E-state index >= 15 is 0 Å². The van der Waals surface area contributed by atoms with E-state index in [9.17, 15) is 0 Å². The molecule has 32 heavy (non-hydrogen) atoms. The number of ether oxygens (including phenoxy) is 1. The molecule has 0 unspecified atom stereocenters. The Balaban J connectivity index is 4.63. The Hall–Kier alpha value is 0.240. The molecule has 0 amide bonds. The first kappa shape index (κ1) is 32.2. The van der Waals surface area contributed by atoms with Crippen LogP contribution in [0, 0.1) is 0 Å². The lowest BCUT2D eigenvalue weighted by molar-refractivity contribution is 0.0824. The van der Waals surface area contributed by atoms with Crippen LogP contribution in [0.4, 0.5) is 0 Å². The van der Waals surface area contributed by atoms with Crippen LogP contribution in [0.3, 0.4) is 0 Å². The summed E-state index contributed by atoms with van der Waals surface area (Å²) in [6.07, 6.45) is 0. The van der Waals surface area contributed by atoms with Crippen LogP contribution in [0.2, 0.25) is 0 Å². The maximum atomic E-state index is 6.52. The second-order valence-corrected chi connectivity index (χ2v) is 14.3. The van der Waals surface area contributed by atoms with Gasteiger partial charge in [-0.2, -0.15) is 0 Å². The molecule has 0 atom stereocenters. The first-order valence-corrected chi connectivity index (χ1v) is 15.2. The van der Waals surface area contributed by atoms with Crippen molar-refractivity contribution in [1.29, 1.82) is 0 Å². The molecule has 0 rings (SSSR count). The number of hydrogen-bond donors (Lipinski definition) is 2. The number of rotatable bonds is 17. The normalized spacial score (nSPS) is 13.8. The van der Waals surface area contributed by atoms with E-state index in [-0.39, 0.29) is 4.75 Å². The zero-order valence-corrected chi connectivity index (χ0v) is 24.9. The van der Waals surface area contributed by atoms with Gasteiger partial charge in [-0.15, -0.1) is 0 Å². The first-order chi connectivity index (χ1) is 14.8. The average Bonchev–Trinajstić information content (AvgIpc) is 2.65. The molecule has 0 saturated heterocycles. The molecule has 0 aromatic carbocycles. The molecule has 0 spiro atoms. The molecule has 0 fully saturated rings. The van der Waals surface area contributed by atoms with Gasteiger partial charge in [0.05, 0.1) is 19.8 Å². The second kappa shape index (κ2) is 16.8. The number of nitrogens with zero attached hydrogens (tertiary/aromatic N) is 3. The molecule has 0 bridgehead atoms. The van der Waals surface area contributed by atoms with Crippen LogP contribution in [0.25, 0.3) is 0 Å². The fourth-order valence-electron chi connectivity index (χ4n) is 3.26.